The van der Waals surface area contributed by atoms with Gasteiger partial charge < -0.3 is 5.32 Å². The molecule has 2 nitrogen and oxygen atoms in total. The minimum atomic E-state index is -4.30. The number of nitrogens with one attached hydrogen (secondary N) is 1. The molecule has 98 valence electrons. The highest BCUT2D eigenvalue weighted by atomic mass is 19.4. The van der Waals surface area contributed by atoms with E-state index < -0.39 is 11.7 Å². The van der Waals surface area contributed by atoms with Crippen LogP contribution in [0.5, 0.6) is 0 Å². The van der Waals surface area contributed by atoms with Gasteiger partial charge in [-0.2, -0.15) is 13.2 Å². The summed E-state index contributed by atoms with van der Waals surface area (Å²) in [6.45, 7) is 0. The molecular formula is C13H15F3N2. The summed E-state index contributed by atoms with van der Waals surface area (Å²) in [6, 6.07) is 2.41. The Morgan fingerprint density at radius 3 is 2.67 bits per heavy atom. The Morgan fingerprint density at radius 2 is 2.06 bits per heavy atom. The van der Waals surface area contributed by atoms with Gasteiger partial charge in [0.05, 0.1) is 5.56 Å². The number of pyridine rings is 1. The molecule has 0 aliphatic heterocycles. The summed E-state index contributed by atoms with van der Waals surface area (Å²) in [5.74, 6) is 1.73. The van der Waals surface area contributed by atoms with Gasteiger partial charge in [-0.05, 0) is 43.2 Å². The molecule has 0 aromatic carbocycles. The molecule has 1 heterocycles. The lowest BCUT2D eigenvalue weighted by atomic mass is 9.95. The molecule has 2 bridgehead atoms. The molecule has 1 aromatic rings. The first-order valence-electron chi connectivity index (χ1n) is 6.32. The van der Waals surface area contributed by atoms with E-state index in [1.807, 2.05) is 0 Å². The van der Waals surface area contributed by atoms with Gasteiger partial charge in [-0.15, -0.1) is 0 Å². The predicted molar refractivity (Wildman–Crippen MR) is 62.1 cm³/mol. The summed E-state index contributed by atoms with van der Waals surface area (Å²) in [5.41, 5.74) is -0.636. The normalized spacial score (nSPS) is 30.7. The average Bonchev–Trinajstić information content (AvgIpc) is 2.90. The molecule has 3 unspecified atom stereocenters. The van der Waals surface area contributed by atoms with Gasteiger partial charge in [-0.25, -0.2) is 4.98 Å². The highest BCUT2D eigenvalue weighted by Crippen LogP contribution is 2.45. The van der Waals surface area contributed by atoms with Gasteiger partial charge in [0.1, 0.15) is 5.82 Å². The average molecular weight is 256 g/mol. The standard InChI is InChI=1S/C13H15F3N2/c14-13(15,16)10-3-4-17-12(7-10)18-11-6-8-1-2-9(11)5-8/h3-4,7-9,11H,1-2,5-6H2,(H,17,18). The van der Waals surface area contributed by atoms with Gasteiger partial charge in [-0.1, -0.05) is 6.42 Å². The second kappa shape index (κ2) is 4.14. The molecule has 3 atom stereocenters. The van der Waals surface area contributed by atoms with Crippen LogP contribution in [0.3, 0.4) is 0 Å². The van der Waals surface area contributed by atoms with Crippen molar-refractivity contribution >= 4 is 5.82 Å². The van der Waals surface area contributed by atoms with E-state index in [9.17, 15) is 13.2 Å². The number of anilines is 1. The zero-order chi connectivity index (χ0) is 12.8. The molecule has 18 heavy (non-hydrogen) atoms. The van der Waals surface area contributed by atoms with Gasteiger partial charge >= 0.3 is 6.18 Å². The summed E-state index contributed by atoms with van der Waals surface area (Å²) in [7, 11) is 0. The third kappa shape index (κ3) is 2.18. The SMILES string of the molecule is FC(F)(F)c1ccnc(NC2CC3CCC2C3)c1. The maximum Gasteiger partial charge on any atom is 0.416 e. The topological polar surface area (TPSA) is 24.9 Å². The zero-order valence-electron chi connectivity index (χ0n) is 9.87. The minimum Gasteiger partial charge on any atom is -0.367 e. The van der Waals surface area contributed by atoms with Crippen LogP contribution in [0.25, 0.3) is 0 Å². The van der Waals surface area contributed by atoms with E-state index >= 15 is 0 Å². The third-order valence-electron chi connectivity index (χ3n) is 4.16. The van der Waals surface area contributed by atoms with Crippen molar-refractivity contribution in [3.8, 4) is 0 Å². The van der Waals surface area contributed by atoms with E-state index in [0.717, 1.165) is 24.5 Å². The Morgan fingerprint density at radius 1 is 1.22 bits per heavy atom. The molecule has 2 fully saturated rings. The highest BCUT2D eigenvalue weighted by Gasteiger charge is 2.39. The summed E-state index contributed by atoms with van der Waals surface area (Å²) in [4.78, 5) is 3.99. The molecule has 2 aliphatic carbocycles. The van der Waals surface area contributed by atoms with Crippen molar-refractivity contribution in [2.75, 3.05) is 5.32 Å². The number of fused-ring (bicyclic) bond motifs is 2. The molecule has 3 rings (SSSR count). The molecular weight excluding hydrogens is 241 g/mol. The Bertz CT molecular complexity index is 444. The van der Waals surface area contributed by atoms with E-state index in [0.29, 0.717) is 17.8 Å². The maximum absolute atomic E-state index is 12.6. The predicted octanol–water partition coefficient (Wildman–Crippen LogP) is 3.70. The van der Waals surface area contributed by atoms with E-state index in [1.165, 1.54) is 25.5 Å². The van der Waals surface area contributed by atoms with E-state index in [4.69, 9.17) is 0 Å². The Hall–Kier alpha value is -1.26. The molecule has 1 N–H and O–H groups in total. The van der Waals surface area contributed by atoms with Crippen LogP contribution < -0.4 is 5.32 Å². The molecule has 5 heteroatoms. The molecule has 0 amide bonds. The third-order valence-corrected chi connectivity index (χ3v) is 4.16. The fourth-order valence-corrected chi connectivity index (χ4v) is 3.30. The quantitative estimate of drug-likeness (QED) is 0.872. The van der Waals surface area contributed by atoms with Gasteiger partial charge in [0.2, 0.25) is 0 Å². The van der Waals surface area contributed by atoms with Crippen molar-refractivity contribution in [2.24, 2.45) is 11.8 Å². The van der Waals surface area contributed by atoms with Crippen LogP contribution in [0.15, 0.2) is 18.3 Å². The molecule has 0 saturated heterocycles. The summed E-state index contributed by atoms with van der Waals surface area (Å²) in [5, 5.41) is 3.17. The number of hydrogen-bond donors (Lipinski definition) is 1. The van der Waals surface area contributed by atoms with Gasteiger partial charge in [-0.3, -0.25) is 0 Å². The summed E-state index contributed by atoms with van der Waals surface area (Å²) < 4.78 is 37.7. The fourth-order valence-electron chi connectivity index (χ4n) is 3.30. The van der Waals surface area contributed by atoms with E-state index in [-0.39, 0.29) is 0 Å². The first kappa shape index (κ1) is 11.8. The van der Waals surface area contributed by atoms with Crippen LogP contribution in [0.2, 0.25) is 0 Å². The minimum absolute atomic E-state index is 0.305. The second-order valence-electron chi connectivity index (χ2n) is 5.35. The van der Waals surface area contributed by atoms with Crippen molar-refractivity contribution < 1.29 is 13.2 Å². The Balaban J connectivity index is 1.73. The lowest BCUT2D eigenvalue weighted by molar-refractivity contribution is -0.137. The van der Waals surface area contributed by atoms with Crippen LogP contribution in [0.4, 0.5) is 19.0 Å². The van der Waals surface area contributed by atoms with E-state index in [1.54, 1.807) is 0 Å². The van der Waals surface area contributed by atoms with Crippen molar-refractivity contribution in [1.29, 1.82) is 0 Å². The number of hydrogen-bond acceptors (Lipinski definition) is 2. The molecule has 0 radical (unpaired) electrons. The molecule has 0 spiro atoms. The van der Waals surface area contributed by atoms with Gasteiger partial charge in [0.15, 0.2) is 0 Å². The highest BCUT2D eigenvalue weighted by molar-refractivity contribution is 5.40. The van der Waals surface area contributed by atoms with Gasteiger partial charge in [0, 0.05) is 12.2 Å². The second-order valence-corrected chi connectivity index (χ2v) is 5.35. The van der Waals surface area contributed by atoms with Crippen LogP contribution in [-0.2, 0) is 6.18 Å². The smallest absolute Gasteiger partial charge is 0.367 e. The molecule has 2 aliphatic rings. The van der Waals surface area contributed by atoms with Crippen molar-refractivity contribution in [3.05, 3.63) is 23.9 Å². The number of halogens is 3. The fraction of sp³-hybridized carbons (Fsp3) is 0.615. The first-order chi connectivity index (χ1) is 8.52. The van der Waals surface area contributed by atoms with Gasteiger partial charge in [0.25, 0.3) is 0 Å². The largest absolute Gasteiger partial charge is 0.416 e. The van der Waals surface area contributed by atoms with Crippen LogP contribution in [0, 0.1) is 11.8 Å². The lowest BCUT2D eigenvalue weighted by Crippen LogP contribution is -2.26. The van der Waals surface area contributed by atoms with Crippen LogP contribution >= 0.6 is 0 Å². The van der Waals surface area contributed by atoms with Crippen LogP contribution in [0.1, 0.15) is 31.2 Å². The molecule has 1 aromatic heterocycles. The molecule has 2 saturated carbocycles. The van der Waals surface area contributed by atoms with Crippen molar-refractivity contribution in [3.63, 3.8) is 0 Å². The van der Waals surface area contributed by atoms with E-state index in [2.05, 4.69) is 10.3 Å². The maximum atomic E-state index is 12.6. The Kier molecular flexibility index (Phi) is 2.72. The van der Waals surface area contributed by atoms with Crippen LogP contribution in [-0.4, -0.2) is 11.0 Å². The number of alkyl halides is 3. The summed E-state index contributed by atoms with van der Waals surface area (Å²) in [6.07, 6.45) is 1.69. The van der Waals surface area contributed by atoms with Crippen molar-refractivity contribution in [1.82, 2.24) is 4.98 Å². The lowest BCUT2D eigenvalue weighted by Gasteiger charge is -2.23. The number of aromatic nitrogens is 1. The Labute approximate surface area is 104 Å². The summed E-state index contributed by atoms with van der Waals surface area (Å²) >= 11 is 0. The number of rotatable bonds is 2. The zero-order valence-corrected chi connectivity index (χ0v) is 9.87. The monoisotopic (exact) mass is 256 g/mol. The van der Waals surface area contributed by atoms with Crippen molar-refractivity contribution in [2.45, 2.75) is 37.9 Å². The number of nitrogens with zero attached hydrogens (tertiary/aromatic N) is 1. The first-order valence-corrected chi connectivity index (χ1v) is 6.32.